The molecule has 1 heterocycles. The van der Waals surface area contributed by atoms with Crippen LogP contribution in [-0.2, 0) is 0 Å². The lowest BCUT2D eigenvalue weighted by Gasteiger charge is -2.67. The van der Waals surface area contributed by atoms with Crippen molar-refractivity contribution in [1.29, 1.82) is 0 Å². The predicted molar refractivity (Wildman–Crippen MR) is 211 cm³/mol. The van der Waals surface area contributed by atoms with Gasteiger partial charge in [0.25, 0.3) is 5.87 Å². The summed E-state index contributed by atoms with van der Waals surface area (Å²) >= 11 is 0. The molecule has 1 saturated carbocycles. The summed E-state index contributed by atoms with van der Waals surface area (Å²) in [5, 5.41) is 1.09. The minimum Gasteiger partial charge on any atom is -0.207 e. The van der Waals surface area contributed by atoms with Gasteiger partial charge in [0.15, 0.2) is 34.9 Å². The summed E-state index contributed by atoms with van der Waals surface area (Å²) in [6.07, 6.45) is 4.04. The largest absolute Gasteiger partial charge is 0.277 e. The van der Waals surface area contributed by atoms with Crippen LogP contribution in [0.4, 0.5) is 43.9 Å². The van der Waals surface area contributed by atoms with Crippen molar-refractivity contribution in [2.24, 2.45) is 5.92 Å². The molecule has 3 aliphatic rings. The quantitative estimate of drug-likeness (QED) is 0.0545. The van der Waals surface area contributed by atoms with Gasteiger partial charge in [-0.05, 0) is 107 Å². The fraction of sp³-hybridized carbons (Fsp3) is 0.261. The van der Waals surface area contributed by atoms with Gasteiger partial charge in [-0.25, -0.2) is 43.9 Å². The molecule has 0 bridgehead atoms. The monoisotopic (exact) mass is 822 g/mol. The van der Waals surface area contributed by atoms with Crippen LogP contribution in [0.25, 0.3) is 0 Å². The second-order valence-electron chi connectivity index (χ2n) is 16.3. The van der Waals surface area contributed by atoms with Gasteiger partial charge in [0, 0.05) is 11.2 Å². The minimum atomic E-state index is -4.40. The Morgan fingerprint density at radius 3 is 1.33 bits per heavy atom. The smallest absolute Gasteiger partial charge is 0.207 e. The van der Waals surface area contributed by atoms with Crippen molar-refractivity contribution >= 4 is 34.5 Å². The van der Waals surface area contributed by atoms with Crippen molar-refractivity contribution < 1.29 is 43.9 Å². The average Bonchev–Trinajstić information content (AvgIpc) is 3.18. The van der Waals surface area contributed by atoms with Crippen LogP contribution in [0.5, 0.6) is 0 Å². The molecule has 300 valence electrons. The zero-order chi connectivity index (χ0) is 41.9. The van der Waals surface area contributed by atoms with Gasteiger partial charge < -0.3 is 0 Å². The molecule has 12 heteroatoms. The maximum Gasteiger partial charge on any atom is 0.277 e. The molecular formula is C46H38BF10P. The highest BCUT2D eigenvalue weighted by Gasteiger charge is 2.77. The van der Waals surface area contributed by atoms with Crippen molar-refractivity contribution in [1.82, 2.24) is 0 Å². The lowest BCUT2D eigenvalue weighted by Crippen LogP contribution is -2.76. The summed E-state index contributed by atoms with van der Waals surface area (Å²) in [5.74, 6) is -29.6. The number of fused-ring (bicyclic) bond motifs is 2. The number of hydrogen-bond donors (Lipinski definition) is 0. The van der Waals surface area contributed by atoms with Crippen LogP contribution in [0.3, 0.4) is 0 Å². The number of halogens is 10. The topological polar surface area (TPSA) is 0 Å². The van der Waals surface area contributed by atoms with E-state index in [1.54, 1.807) is 102 Å². The lowest BCUT2D eigenvalue weighted by atomic mass is 9.30. The molecular weight excluding hydrogens is 784 g/mol. The molecule has 5 aromatic carbocycles. The third-order valence-electron chi connectivity index (χ3n) is 12.9. The first-order valence-electron chi connectivity index (χ1n) is 19.2. The number of hydrogen-bond acceptors (Lipinski definition) is 0. The molecule has 0 unspecified atom stereocenters. The maximum absolute atomic E-state index is 17.3. The summed E-state index contributed by atoms with van der Waals surface area (Å²) in [7, 11) is -4.40. The highest BCUT2D eigenvalue weighted by Crippen LogP contribution is 2.86. The Labute approximate surface area is 330 Å². The molecule has 2 atom stereocenters. The zero-order valence-corrected chi connectivity index (χ0v) is 33.5. The molecule has 0 radical (unpaired) electrons. The van der Waals surface area contributed by atoms with Gasteiger partial charge in [-0.3, -0.25) is 0 Å². The highest BCUT2D eigenvalue weighted by molar-refractivity contribution is 8.27. The van der Waals surface area contributed by atoms with Crippen molar-refractivity contribution in [2.45, 2.75) is 73.1 Å². The SMILES string of the molecule is Cc1cc(C)c([P+]2(c3c(C)cc(C)cc3C)C3=C4CCCC[C@H]4[C@@H](c4ccccc4)C=C3[B-]2(c2c(F)c(F)c(F)c(F)c2F)c2c(F)c(F)c(F)c(F)c2F)c(C)c1. The molecule has 8 rings (SSSR count). The molecule has 1 aliphatic heterocycles. The summed E-state index contributed by atoms with van der Waals surface area (Å²) in [4.78, 5) is 0. The summed E-state index contributed by atoms with van der Waals surface area (Å²) < 4.78 is 164. The van der Waals surface area contributed by atoms with E-state index in [0.717, 1.165) is 23.1 Å². The number of aryl methyl sites for hydroxylation is 6. The van der Waals surface area contributed by atoms with E-state index in [0.29, 0.717) is 63.0 Å². The van der Waals surface area contributed by atoms with E-state index in [9.17, 15) is 0 Å². The normalized spacial score (nSPS) is 19.4. The van der Waals surface area contributed by atoms with Crippen LogP contribution in [0, 0.1) is 106 Å². The Morgan fingerprint density at radius 2 is 0.914 bits per heavy atom. The van der Waals surface area contributed by atoms with Crippen molar-refractivity contribution in [3.63, 3.8) is 0 Å². The van der Waals surface area contributed by atoms with E-state index >= 15 is 43.9 Å². The van der Waals surface area contributed by atoms with Gasteiger partial charge in [0.05, 0.1) is 10.6 Å². The number of benzene rings is 5. The first-order chi connectivity index (χ1) is 27.4. The molecule has 0 aromatic heterocycles. The van der Waals surface area contributed by atoms with Gasteiger partial charge in [-0.15, -0.1) is 11.5 Å². The highest BCUT2D eigenvalue weighted by atomic mass is 31.2. The molecule has 5 aromatic rings. The van der Waals surface area contributed by atoms with Crippen LogP contribution in [0.2, 0.25) is 0 Å². The second-order valence-corrected chi connectivity index (χ2v) is 19.9. The first-order valence-corrected chi connectivity index (χ1v) is 21.1. The third kappa shape index (κ3) is 5.13. The molecule has 2 aliphatic carbocycles. The Hall–Kier alpha value is -4.63. The summed E-state index contributed by atoms with van der Waals surface area (Å²) in [5.41, 5.74) is 1.42. The van der Waals surface area contributed by atoms with Crippen LogP contribution >= 0.6 is 7.14 Å². The van der Waals surface area contributed by atoms with E-state index in [1.807, 2.05) is 0 Å². The number of rotatable bonds is 5. The van der Waals surface area contributed by atoms with E-state index in [1.165, 1.54) is 0 Å². The fourth-order valence-corrected chi connectivity index (χ4v) is 18.8. The van der Waals surface area contributed by atoms with Crippen LogP contribution in [-0.4, -0.2) is 5.87 Å². The Kier molecular flexibility index (Phi) is 9.69. The van der Waals surface area contributed by atoms with Gasteiger partial charge >= 0.3 is 0 Å². The zero-order valence-electron chi connectivity index (χ0n) is 32.6. The van der Waals surface area contributed by atoms with Gasteiger partial charge in [0.1, 0.15) is 23.3 Å². The van der Waals surface area contributed by atoms with E-state index in [2.05, 4.69) is 0 Å². The molecule has 0 nitrogen and oxygen atoms in total. The van der Waals surface area contributed by atoms with Crippen LogP contribution < -0.4 is 21.5 Å². The van der Waals surface area contributed by atoms with Crippen LogP contribution in [0.15, 0.2) is 77.0 Å². The van der Waals surface area contributed by atoms with Crippen LogP contribution in [0.1, 0.15) is 70.5 Å². The van der Waals surface area contributed by atoms with Gasteiger partial charge in [-0.2, -0.15) is 0 Å². The van der Waals surface area contributed by atoms with Crippen molar-refractivity contribution in [3.8, 4) is 0 Å². The standard InChI is InChI=1S/C46H38BF10P/c1-21-16-23(3)44(24(4)17-21)58(45-25(5)18-22(2)19-26(45)6)46-29-15-11-10-14-28(29)30(27-12-8-7-9-13-27)20-31(46)47(58,32-34(48)38(52)42(56)39(53)35(32)49)33-36(50)40(54)43(57)41(55)37(33)51/h7-9,12-13,16-20,28,30H,10-11,14-15H2,1-6H3/t28-,30-/m1/s1. The average molecular weight is 823 g/mol. The van der Waals surface area contributed by atoms with Gasteiger partial charge in [0.2, 0.25) is 0 Å². The Bertz CT molecular complexity index is 2430. The molecule has 0 amide bonds. The summed E-state index contributed by atoms with van der Waals surface area (Å²) in [6, 6.07) is 15.9. The molecule has 0 N–H and O–H groups in total. The first kappa shape index (κ1) is 40.2. The molecule has 58 heavy (non-hydrogen) atoms. The van der Waals surface area contributed by atoms with Gasteiger partial charge in [-0.1, -0.05) is 83.1 Å². The predicted octanol–water partition coefficient (Wildman–Crippen LogP) is 11.4. The minimum absolute atomic E-state index is 0.180. The second kappa shape index (κ2) is 14.0. The van der Waals surface area contributed by atoms with E-state index in [-0.39, 0.29) is 11.4 Å². The summed E-state index contributed by atoms with van der Waals surface area (Å²) in [6.45, 7) is 10.3. The van der Waals surface area contributed by atoms with Crippen molar-refractivity contribution in [2.75, 3.05) is 0 Å². The lowest BCUT2D eigenvalue weighted by molar-refractivity contribution is 0.381. The maximum atomic E-state index is 17.3. The Balaban J connectivity index is 1.78. The molecule has 1 saturated heterocycles. The fourth-order valence-electron chi connectivity index (χ4n) is 11.4. The van der Waals surface area contributed by atoms with E-state index in [4.69, 9.17) is 0 Å². The molecule has 2 fully saturated rings. The molecule has 0 spiro atoms. The Morgan fingerprint density at radius 1 is 0.517 bits per heavy atom. The van der Waals surface area contributed by atoms with E-state index < -0.39 is 88.0 Å². The number of allylic oxidation sites excluding steroid dienone is 4. The third-order valence-corrected chi connectivity index (χ3v) is 18.9. The van der Waals surface area contributed by atoms with Crippen molar-refractivity contribution in [3.05, 3.63) is 174 Å².